The van der Waals surface area contributed by atoms with Gasteiger partial charge < -0.3 is 19.2 Å². The number of nitrogens with one attached hydrogen (secondary N) is 2. The molecule has 0 saturated carbocycles. The number of benzene rings is 2. The summed E-state index contributed by atoms with van der Waals surface area (Å²) in [6.07, 6.45) is 3.09. The third-order valence-electron chi connectivity index (χ3n) is 5.70. The summed E-state index contributed by atoms with van der Waals surface area (Å²) in [6.45, 7) is 1.45. The van der Waals surface area contributed by atoms with Crippen molar-refractivity contribution in [3.8, 4) is 22.6 Å². The normalized spacial score (nSPS) is 11.5. The lowest BCUT2D eigenvalue weighted by molar-refractivity contribution is 0.0828. The van der Waals surface area contributed by atoms with Gasteiger partial charge in [-0.25, -0.2) is 17.2 Å². The highest BCUT2D eigenvalue weighted by Gasteiger charge is 2.24. The molecule has 2 aromatic heterocycles. The zero-order valence-corrected chi connectivity index (χ0v) is 21.2. The smallest absolute Gasteiger partial charge is 0.274 e. The van der Waals surface area contributed by atoms with Crippen LogP contribution in [0.4, 0.5) is 14.5 Å². The Balaban J connectivity index is 2.06. The van der Waals surface area contributed by atoms with Crippen LogP contribution in [-0.4, -0.2) is 48.6 Å². The molecule has 1 amide bonds. The van der Waals surface area contributed by atoms with Gasteiger partial charge in [0.25, 0.3) is 11.5 Å². The highest BCUT2D eigenvalue weighted by molar-refractivity contribution is 7.92. The number of aryl methyl sites for hydroxylation is 1. The molecule has 12 heteroatoms. The van der Waals surface area contributed by atoms with Crippen LogP contribution in [0.2, 0.25) is 0 Å². The Morgan fingerprint density at radius 2 is 1.84 bits per heavy atom. The Labute approximate surface area is 211 Å². The number of carbonyl (C=O) groups excluding carboxylic acids is 1. The van der Waals surface area contributed by atoms with Crippen LogP contribution in [0.25, 0.3) is 22.0 Å². The third kappa shape index (κ3) is 5.05. The lowest BCUT2D eigenvalue weighted by Gasteiger charge is -2.20. The minimum absolute atomic E-state index is 0.0173. The zero-order chi connectivity index (χ0) is 27.1. The number of carbonyl (C=O) groups is 1. The van der Waals surface area contributed by atoms with Crippen LogP contribution in [0.5, 0.6) is 11.5 Å². The standard InChI is InChI=1S/C25H24F2N4O5S/c1-5-37(34,35)29-20-11-16(18-13-31(4)25(33)23-15(18)8-9-28-23)22(12-17(20)24(32)30(2)3)36-21-7-6-14(26)10-19(21)27/h6-13,28-29H,5H2,1-4H3. The van der Waals surface area contributed by atoms with Crippen LogP contribution in [0.15, 0.2) is 53.6 Å². The molecule has 9 nitrogen and oxygen atoms in total. The summed E-state index contributed by atoms with van der Waals surface area (Å²) in [5, 5.41) is 0.489. The lowest BCUT2D eigenvalue weighted by atomic mass is 9.99. The number of sulfonamides is 1. The first-order valence-corrected chi connectivity index (χ1v) is 12.8. The molecule has 2 N–H and O–H groups in total. The predicted octanol–water partition coefficient (Wildman–Crippen LogP) is 4.07. The van der Waals surface area contributed by atoms with Crippen molar-refractivity contribution in [3.05, 3.63) is 76.3 Å². The van der Waals surface area contributed by atoms with E-state index in [-0.39, 0.29) is 45.1 Å². The average Bonchev–Trinajstić information content (AvgIpc) is 3.33. The van der Waals surface area contributed by atoms with Crippen molar-refractivity contribution in [2.45, 2.75) is 6.92 Å². The number of halogens is 2. The van der Waals surface area contributed by atoms with Crippen molar-refractivity contribution < 1.29 is 26.7 Å². The highest BCUT2D eigenvalue weighted by atomic mass is 32.2. The summed E-state index contributed by atoms with van der Waals surface area (Å²) >= 11 is 0. The molecular weight excluding hydrogens is 506 g/mol. The number of hydrogen-bond acceptors (Lipinski definition) is 5. The number of H-pyrrole nitrogens is 1. The van der Waals surface area contributed by atoms with Gasteiger partial charge in [0.15, 0.2) is 11.6 Å². The number of hydrogen-bond donors (Lipinski definition) is 2. The van der Waals surface area contributed by atoms with E-state index >= 15 is 0 Å². The Morgan fingerprint density at radius 1 is 1.11 bits per heavy atom. The van der Waals surface area contributed by atoms with Crippen molar-refractivity contribution >= 4 is 32.5 Å². The Hall–Kier alpha value is -4.19. The van der Waals surface area contributed by atoms with Gasteiger partial charge >= 0.3 is 0 Å². The molecule has 0 aliphatic rings. The molecule has 37 heavy (non-hydrogen) atoms. The van der Waals surface area contributed by atoms with Crippen molar-refractivity contribution in [1.29, 1.82) is 0 Å². The monoisotopic (exact) mass is 530 g/mol. The van der Waals surface area contributed by atoms with Crippen LogP contribution in [0, 0.1) is 11.6 Å². The van der Waals surface area contributed by atoms with Gasteiger partial charge in [0.1, 0.15) is 17.1 Å². The number of nitrogens with zero attached hydrogens (tertiary/aromatic N) is 2. The Morgan fingerprint density at radius 3 is 2.49 bits per heavy atom. The fourth-order valence-corrected chi connectivity index (χ4v) is 4.43. The van der Waals surface area contributed by atoms with Gasteiger partial charge in [-0.05, 0) is 37.3 Å². The van der Waals surface area contributed by atoms with Crippen molar-refractivity contribution in [2.75, 3.05) is 24.6 Å². The third-order valence-corrected chi connectivity index (χ3v) is 6.99. The van der Waals surface area contributed by atoms with Gasteiger partial charge in [0.05, 0.1) is 17.0 Å². The summed E-state index contributed by atoms with van der Waals surface area (Å²) < 4.78 is 62.6. The number of aromatic nitrogens is 2. The van der Waals surface area contributed by atoms with E-state index in [1.54, 1.807) is 12.3 Å². The van der Waals surface area contributed by atoms with Gasteiger partial charge in [-0.3, -0.25) is 14.3 Å². The minimum Gasteiger partial charge on any atom is -0.454 e. The van der Waals surface area contributed by atoms with E-state index in [4.69, 9.17) is 4.74 Å². The molecular formula is C25H24F2N4O5S. The van der Waals surface area contributed by atoms with Crippen LogP contribution in [0.1, 0.15) is 17.3 Å². The molecule has 4 aromatic rings. The van der Waals surface area contributed by atoms with E-state index in [2.05, 4.69) is 9.71 Å². The topological polar surface area (TPSA) is 114 Å². The number of anilines is 1. The number of rotatable bonds is 7. The van der Waals surface area contributed by atoms with Gasteiger partial charge in [0.2, 0.25) is 10.0 Å². The number of amides is 1. The fourth-order valence-electron chi connectivity index (χ4n) is 3.78. The summed E-state index contributed by atoms with van der Waals surface area (Å²) in [7, 11) is 0.713. The second-order valence-electron chi connectivity index (χ2n) is 8.50. The van der Waals surface area contributed by atoms with Crippen molar-refractivity contribution in [3.63, 3.8) is 0 Å². The lowest BCUT2D eigenvalue weighted by Crippen LogP contribution is -2.25. The molecule has 0 saturated heterocycles. The van der Waals surface area contributed by atoms with Crippen LogP contribution < -0.4 is 15.0 Å². The van der Waals surface area contributed by atoms with Gasteiger partial charge in [-0.1, -0.05) is 0 Å². The van der Waals surface area contributed by atoms with Crippen LogP contribution in [0.3, 0.4) is 0 Å². The summed E-state index contributed by atoms with van der Waals surface area (Å²) in [6, 6.07) is 7.11. The van der Waals surface area contributed by atoms with E-state index in [0.29, 0.717) is 17.0 Å². The van der Waals surface area contributed by atoms with E-state index in [0.717, 1.165) is 12.1 Å². The molecule has 0 fully saturated rings. The van der Waals surface area contributed by atoms with Gasteiger partial charge in [-0.15, -0.1) is 0 Å². The second kappa shape index (κ2) is 9.69. The van der Waals surface area contributed by atoms with E-state index in [1.807, 2.05) is 0 Å². The average molecular weight is 531 g/mol. The second-order valence-corrected chi connectivity index (χ2v) is 10.5. The van der Waals surface area contributed by atoms with Gasteiger partial charge in [-0.2, -0.15) is 0 Å². The quantitative estimate of drug-likeness (QED) is 0.374. The predicted molar refractivity (Wildman–Crippen MR) is 137 cm³/mol. The molecule has 194 valence electrons. The summed E-state index contributed by atoms with van der Waals surface area (Å²) in [5.74, 6) is -2.91. The van der Waals surface area contributed by atoms with E-state index < -0.39 is 27.6 Å². The molecule has 0 spiro atoms. The van der Waals surface area contributed by atoms with Gasteiger partial charge in [0, 0.05) is 56.1 Å². The SMILES string of the molecule is CCS(=O)(=O)Nc1cc(-c2cn(C)c(=O)c3[nH]ccc23)c(Oc2ccc(F)cc2F)cc1C(=O)N(C)C. The number of ether oxygens (including phenoxy) is 1. The van der Waals surface area contributed by atoms with Crippen molar-refractivity contribution in [2.24, 2.45) is 7.05 Å². The fraction of sp³-hybridized carbons (Fsp3) is 0.200. The summed E-state index contributed by atoms with van der Waals surface area (Å²) in [5.41, 5.74) is 0.591. The molecule has 0 unspecified atom stereocenters. The first-order chi connectivity index (χ1) is 17.4. The number of fused-ring (bicyclic) bond motifs is 1. The van der Waals surface area contributed by atoms with Crippen LogP contribution in [-0.2, 0) is 17.1 Å². The maximum Gasteiger partial charge on any atom is 0.274 e. The largest absolute Gasteiger partial charge is 0.454 e. The maximum atomic E-state index is 14.5. The molecule has 0 aliphatic heterocycles. The Bertz CT molecular complexity index is 1690. The van der Waals surface area contributed by atoms with E-state index in [9.17, 15) is 26.8 Å². The maximum absolute atomic E-state index is 14.5. The minimum atomic E-state index is -3.81. The summed E-state index contributed by atoms with van der Waals surface area (Å²) in [4.78, 5) is 29.8. The number of aromatic amines is 1. The molecule has 4 rings (SSSR count). The molecule has 0 bridgehead atoms. The molecule has 0 radical (unpaired) electrons. The first-order valence-electron chi connectivity index (χ1n) is 11.1. The zero-order valence-electron chi connectivity index (χ0n) is 20.4. The van der Waals surface area contributed by atoms with E-state index in [1.165, 1.54) is 55.9 Å². The van der Waals surface area contributed by atoms with Crippen LogP contribution >= 0.6 is 0 Å². The molecule has 0 atom stereocenters. The number of pyridine rings is 1. The highest BCUT2D eigenvalue weighted by Crippen LogP contribution is 2.41. The molecule has 2 aromatic carbocycles. The molecule has 0 aliphatic carbocycles. The molecule has 2 heterocycles. The first kappa shape index (κ1) is 25.9. The Kier molecular flexibility index (Phi) is 6.78. The van der Waals surface area contributed by atoms with Crippen molar-refractivity contribution in [1.82, 2.24) is 14.5 Å².